The van der Waals surface area contributed by atoms with Crippen LogP contribution in [0.2, 0.25) is 0 Å². The van der Waals surface area contributed by atoms with Crippen molar-refractivity contribution in [2.24, 2.45) is 0 Å². The van der Waals surface area contributed by atoms with Crippen LogP contribution in [0, 0.1) is 0 Å². The Morgan fingerprint density at radius 1 is 0.952 bits per heavy atom. The van der Waals surface area contributed by atoms with Gasteiger partial charge in [-0.2, -0.15) is 11.6 Å². The normalized spacial score (nSPS) is 11.3. The molecule has 0 spiro atoms. The van der Waals surface area contributed by atoms with E-state index in [9.17, 15) is 0 Å². The summed E-state index contributed by atoms with van der Waals surface area (Å²) in [5.41, 5.74) is 2.13. The smallest absolute Gasteiger partial charge is 0.167 e. The van der Waals surface area contributed by atoms with Crippen molar-refractivity contribution in [2.75, 3.05) is 0 Å². The van der Waals surface area contributed by atoms with Crippen LogP contribution >= 0.6 is 17.2 Å². The molecule has 2 aromatic rings. The molecule has 0 saturated carbocycles. The van der Waals surface area contributed by atoms with Gasteiger partial charge >= 0.3 is 0 Å². The van der Waals surface area contributed by atoms with Crippen molar-refractivity contribution in [2.45, 2.75) is 24.4 Å². The summed E-state index contributed by atoms with van der Waals surface area (Å²) in [7, 11) is 0.135. The summed E-state index contributed by atoms with van der Waals surface area (Å²) in [6, 6.07) is 13.3. The fraction of sp³-hybridized carbons (Fsp3) is 0.286. The van der Waals surface area contributed by atoms with Gasteiger partial charge in [-0.05, 0) is 6.16 Å². The van der Waals surface area contributed by atoms with Crippen LogP contribution in [0.4, 0.5) is 0 Å². The molecule has 0 fully saturated rings. The Bertz CT molecular complexity index is 400. The minimum absolute atomic E-state index is 0. The van der Waals surface area contributed by atoms with Crippen LogP contribution in [-0.4, -0.2) is 32.5 Å². The molecule has 124 valence electrons. The van der Waals surface area contributed by atoms with E-state index in [1.807, 2.05) is 48.5 Å². The van der Waals surface area contributed by atoms with Crippen molar-refractivity contribution in [3.8, 4) is 0 Å². The first kappa shape index (κ1) is 20.9. The first-order valence-corrected chi connectivity index (χ1v) is 8.75. The summed E-state index contributed by atoms with van der Waals surface area (Å²) in [5, 5.41) is 35.0. The predicted molar refractivity (Wildman–Crippen MR) is 84.6 cm³/mol. The van der Waals surface area contributed by atoms with Gasteiger partial charge in [0.05, 0.1) is 0 Å². The number of hydrogen-bond donors (Lipinski definition) is 4. The van der Waals surface area contributed by atoms with E-state index >= 15 is 0 Å². The Balaban J connectivity index is 0.000000562. The Morgan fingerprint density at radius 3 is 1.95 bits per heavy atom. The zero-order chi connectivity index (χ0) is 14.8. The fourth-order valence-electron chi connectivity index (χ4n) is 1.56. The molecule has 0 aliphatic rings. The Hall–Kier alpha value is -0.0805. The van der Waals surface area contributed by atoms with E-state index in [0.717, 1.165) is 11.1 Å². The first-order chi connectivity index (χ1) is 9.59. The van der Waals surface area contributed by atoms with Crippen molar-refractivity contribution >= 4 is 17.2 Å². The fourth-order valence-corrected chi connectivity index (χ4v) is 3.06. The largest absolute Gasteiger partial charge is 0.748 e. The molecular formula is C14H20FeO4P2-6. The molecule has 2 aromatic carbocycles. The van der Waals surface area contributed by atoms with Gasteiger partial charge in [-0.1, -0.05) is 23.3 Å². The second kappa shape index (κ2) is 12.5. The molecule has 4 nitrogen and oxygen atoms in total. The second-order valence-corrected chi connectivity index (χ2v) is 6.60. The van der Waals surface area contributed by atoms with E-state index < -0.39 is 12.1 Å². The molecule has 0 radical (unpaired) electrons. The summed E-state index contributed by atoms with van der Waals surface area (Å²) in [6.45, 7) is 0. The van der Waals surface area contributed by atoms with Gasteiger partial charge in [-0.15, -0.1) is 5.56 Å². The van der Waals surface area contributed by atoms with Crippen LogP contribution in [0.1, 0.15) is 11.1 Å². The summed E-state index contributed by atoms with van der Waals surface area (Å²) in [4.78, 5) is 0. The van der Waals surface area contributed by atoms with Crippen LogP contribution in [-0.2, 0) is 29.4 Å². The van der Waals surface area contributed by atoms with Crippen LogP contribution < -0.4 is 0 Å². The van der Waals surface area contributed by atoms with E-state index in [4.69, 9.17) is 20.4 Å². The first-order valence-electron chi connectivity index (χ1n) is 6.19. The second-order valence-electron chi connectivity index (χ2n) is 4.05. The Morgan fingerprint density at radius 2 is 1.48 bits per heavy atom. The summed E-state index contributed by atoms with van der Waals surface area (Å²) >= 11 is 0. The monoisotopic (exact) mass is 370 g/mol. The van der Waals surface area contributed by atoms with Crippen molar-refractivity contribution in [3.05, 3.63) is 59.7 Å². The maximum absolute atomic E-state index is 8.75. The average molecular weight is 370 g/mol. The molecule has 7 heteroatoms. The molecule has 0 bridgehead atoms. The van der Waals surface area contributed by atoms with E-state index in [1.54, 1.807) is 0 Å². The minimum atomic E-state index is -1.25. The zero-order valence-corrected chi connectivity index (χ0v) is 14.4. The third-order valence-electron chi connectivity index (χ3n) is 2.51. The van der Waals surface area contributed by atoms with Crippen LogP contribution in [0.25, 0.3) is 0 Å². The Kier molecular flexibility index (Phi) is 12.4. The molecule has 2 unspecified atom stereocenters. The molecule has 0 aliphatic carbocycles. The van der Waals surface area contributed by atoms with Crippen molar-refractivity contribution < 1.29 is 37.5 Å². The molecule has 0 heterocycles. The molecule has 21 heavy (non-hydrogen) atoms. The maximum Gasteiger partial charge on any atom is 0.167 e. The van der Waals surface area contributed by atoms with E-state index in [0.29, 0.717) is 12.3 Å². The topological polar surface area (TPSA) is 80.9 Å². The van der Waals surface area contributed by atoms with Gasteiger partial charge in [0.25, 0.3) is 0 Å². The van der Waals surface area contributed by atoms with Crippen molar-refractivity contribution in [1.29, 1.82) is 0 Å². The van der Waals surface area contributed by atoms with Crippen LogP contribution in [0.5, 0.6) is 0 Å². The molecular weight excluding hydrogens is 350 g/mol. The van der Waals surface area contributed by atoms with Crippen molar-refractivity contribution in [3.63, 3.8) is 0 Å². The van der Waals surface area contributed by atoms with Gasteiger partial charge in [0, 0.05) is 17.1 Å². The number of aliphatic hydroxyl groups is 4. The number of rotatable bonds is 6. The molecule has 0 aromatic heterocycles. The van der Waals surface area contributed by atoms with E-state index in [2.05, 4.69) is 0 Å². The van der Waals surface area contributed by atoms with Gasteiger partial charge in [-0.25, -0.2) is 12.1 Å². The van der Waals surface area contributed by atoms with Gasteiger partial charge in [-0.3, -0.25) is 0 Å². The zero-order valence-electron chi connectivity index (χ0n) is 11.3. The van der Waals surface area contributed by atoms with Crippen LogP contribution in [0.15, 0.2) is 48.5 Å². The quantitative estimate of drug-likeness (QED) is 0.270. The van der Waals surface area contributed by atoms with Gasteiger partial charge in [0.1, 0.15) is 0 Å². The minimum Gasteiger partial charge on any atom is -0.748 e. The summed E-state index contributed by atoms with van der Waals surface area (Å²) in [5.74, 6) is 0. The third kappa shape index (κ3) is 10.3. The van der Waals surface area contributed by atoms with Crippen molar-refractivity contribution in [1.82, 2.24) is 0 Å². The molecule has 0 aliphatic heterocycles. The van der Waals surface area contributed by atoms with Gasteiger partial charge < -0.3 is 50.8 Å². The number of hydrogen-bond acceptors (Lipinski definition) is 4. The SMILES string of the molecule is OC(O)PCc1ccc[c-]1CPC(O)O.[Fe].[cH-]1[cH-][cH-][cH-][cH-]1. The Labute approximate surface area is 139 Å². The van der Waals surface area contributed by atoms with Gasteiger partial charge in [0.15, 0.2) is 12.1 Å². The molecule has 2 atom stereocenters. The average Bonchev–Trinajstić information content (AvgIpc) is 3.08. The van der Waals surface area contributed by atoms with E-state index in [1.165, 1.54) is 0 Å². The van der Waals surface area contributed by atoms with Gasteiger partial charge in [0.2, 0.25) is 0 Å². The molecule has 4 N–H and O–H groups in total. The molecule has 0 amide bonds. The van der Waals surface area contributed by atoms with E-state index in [-0.39, 0.29) is 34.2 Å². The summed E-state index contributed by atoms with van der Waals surface area (Å²) in [6.07, 6.45) is 1.26. The third-order valence-corrected chi connectivity index (χ3v) is 4.41. The standard InChI is InChI=1S/C9H15O4P2.C5H5.Fe/c10-8(11)14-4-6-2-1-3-7(6)5-15-9(12)13;1-2-4-5-3-1;/h1-3,8-15H,4-5H2;1-5H;/q-1;-5;. The summed E-state index contributed by atoms with van der Waals surface area (Å²) < 4.78 is 0. The maximum atomic E-state index is 8.75. The molecule has 2 rings (SSSR count). The van der Waals surface area contributed by atoms with Crippen LogP contribution in [0.3, 0.4) is 0 Å². The number of aliphatic hydroxyl groups excluding tert-OH is 2. The predicted octanol–water partition coefficient (Wildman–Crippen LogP) is 1.70. The molecule has 0 saturated heterocycles.